The normalized spacial score (nSPS) is 11.0. The second-order valence-electron chi connectivity index (χ2n) is 7.12. The second-order valence-corrected chi connectivity index (χ2v) is 7.12. The van der Waals surface area contributed by atoms with Crippen molar-refractivity contribution in [2.45, 2.75) is 46.1 Å². The fraction of sp³-hybridized carbons (Fsp3) is 0.333. The highest BCUT2D eigenvalue weighted by Crippen LogP contribution is 2.33. The van der Waals surface area contributed by atoms with E-state index in [-0.39, 0.29) is 0 Å². The van der Waals surface area contributed by atoms with Crippen LogP contribution in [0.15, 0.2) is 48.9 Å². The molecular formula is C21H26N6. The Labute approximate surface area is 160 Å². The van der Waals surface area contributed by atoms with E-state index in [1.54, 1.807) is 18.6 Å². The molecule has 27 heavy (non-hydrogen) atoms. The Balaban J connectivity index is 1.82. The van der Waals surface area contributed by atoms with Crippen molar-refractivity contribution in [3.05, 3.63) is 65.6 Å². The number of nitrogens with zero attached hydrogens (tertiary/aromatic N) is 4. The first-order valence-corrected chi connectivity index (χ1v) is 9.27. The first-order chi connectivity index (χ1) is 13.0. The van der Waals surface area contributed by atoms with Crippen molar-refractivity contribution in [3.63, 3.8) is 0 Å². The zero-order chi connectivity index (χ0) is 19.2. The molecular weight excluding hydrogens is 336 g/mol. The van der Waals surface area contributed by atoms with Crippen LogP contribution in [0.1, 0.15) is 56.2 Å². The molecule has 0 aliphatic carbocycles. The third-order valence-corrected chi connectivity index (χ3v) is 4.39. The quantitative estimate of drug-likeness (QED) is 0.624. The first-order valence-electron chi connectivity index (χ1n) is 9.27. The van der Waals surface area contributed by atoms with E-state index in [2.05, 4.69) is 76.7 Å². The molecule has 6 heteroatoms. The summed E-state index contributed by atoms with van der Waals surface area (Å²) in [6, 6.07) is 10.3. The molecule has 1 aromatic carbocycles. The number of nitrogens with one attached hydrogen (secondary N) is 2. The fourth-order valence-corrected chi connectivity index (χ4v) is 2.94. The van der Waals surface area contributed by atoms with Crippen molar-refractivity contribution in [2.24, 2.45) is 0 Å². The van der Waals surface area contributed by atoms with Crippen LogP contribution in [0.3, 0.4) is 0 Å². The second kappa shape index (κ2) is 8.58. The van der Waals surface area contributed by atoms with Gasteiger partial charge in [-0.25, -0.2) is 0 Å². The molecule has 3 rings (SSSR count). The number of benzene rings is 1. The molecule has 2 heterocycles. The Kier molecular flexibility index (Phi) is 5.96. The molecule has 2 N–H and O–H groups in total. The molecule has 2 aromatic heterocycles. The molecule has 0 unspecified atom stereocenters. The van der Waals surface area contributed by atoms with Crippen LogP contribution >= 0.6 is 0 Å². The molecule has 3 aromatic rings. The number of para-hydroxylation sites is 1. The molecule has 0 aliphatic rings. The van der Waals surface area contributed by atoms with E-state index in [0.717, 1.165) is 11.3 Å². The number of anilines is 3. The van der Waals surface area contributed by atoms with Crippen LogP contribution in [0.2, 0.25) is 0 Å². The number of aromatic nitrogens is 4. The van der Waals surface area contributed by atoms with Crippen molar-refractivity contribution >= 4 is 17.5 Å². The van der Waals surface area contributed by atoms with Crippen LogP contribution in [0.5, 0.6) is 0 Å². The standard InChI is InChI=1S/C21H26N6/c1-14(2)17-6-5-7-18(15(3)4)20(17)26-21-25-19(13-24-27-21)23-12-16-8-10-22-11-9-16/h5-11,13-15H,12H2,1-4H3,(H2,23,25,26,27). The fourth-order valence-electron chi connectivity index (χ4n) is 2.94. The highest BCUT2D eigenvalue weighted by Gasteiger charge is 2.15. The van der Waals surface area contributed by atoms with Gasteiger partial charge >= 0.3 is 0 Å². The van der Waals surface area contributed by atoms with Gasteiger partial charge in [0.05, 0.1) is 6.20 Å². The highest BCUT2D eigenvalue weighted by molar-refractivity contribution is 5.65. The van der Waals surface area contributed by atoms with E-state index in [4.69, 9.17) is 0 Å². The van der Waals surface area contributed by atoms with Crippen molar-refractivity contribution in [1.29, 1.82) is 0 Å². The summed E-state index contributed by atoms with van der Waals surface area (Å²) in [5.41, 5.74) is 4.71. The summed E-state index contributed by atoms with van der Waals surface area (Å²) in [5.74, 6) is 1.96. The Morgan fingerprint density at radius 2 is 1.59 bits per heavy atom. The molecule has 0 saturated heterocycles. The molecule has 0 saturated carbocycles. The number of hydrogen-bond donors (Lipinski definition) is 2. The molecule has 0 bridgehead atoms. The van der Waals surface area contributed by atoms with Crippen LogP contribution in [0, 0.1) is 0 Å². The average Bonchev–Trinajstić information content (AvgIpc) is 2.67. The lowest BCUT2D eigenvalue weighted by atomic mass is 9.93. The van der Waals surface area contributed by atoms with Gasteiger partial charge in [-0.05, 0) is 40.7 Å². The van der Waals surface area contributed by atoms with Crippen molar-refractivity contribution in [3.8, 4) is 0 Å². The maximum absolute atomic E-state index is 4.57. The van der Waals surface area contributed by atoms with Gasteiger partial charge < -0.3 is 10.6 Å². The van der Waals surface area contributed by atoms with E-state index >= 15 is 0 Å². The number of pyridine rings is 1. The molecule has 0 radical (unpaired) electrons. The third-order valence-electron chi connectivity index (χ3n) is 4.39. The lowest BCUT2D eigenvalue weighted by Crippen LogP contribution is -2.09. The molecule has 0 aliphatic heterocycles. The minimum atomic E-state index is 0.396. The zero-order valence-electron chi connectivity index (χ0n) is 16.3. The van der Waals surface area contributed by atoms with Crippen molar-refractivity contribution in [1.82, 2.24) is 20.2 Å². The third kappa shape index (κ3) is 4.78. The van der Waals surface area contributed by atoms with E-state index in [9.17, 15) is 0 Å². The van der Waals surface area contributed by atoms with Gasteiger partial charge in [0, 0.05) is 24.6 Å². The average molecular weight is 362 g/mol. The summed E-state index contributed by atoms with van der Waals surface area (Å²) in [7, 11) is 0. The lowest BCUT2D eigenvalue weighted by Gasteiger charge is -2.20. The minimum absolute atomic E-state index is 0.396. The van der Waals surface area contributed by atoms with E-state index in [1.165, 1.54) is 11.1 Å². The summed E-state index contributed by atoms with van der Waals surface area (Å²) >= 11 is 0. The van der Waals surface area contributed by atoms with Crippen LogP contribution < -0.4 is 10.6 Å². The number of hydrogen-bond acceptors (Lipinski definition) is 6. The predicted molar refractivity (Wildman–Crippen MR) is 109 cm³/mol. The molecule has 6 nitrogen and oxygen atoms in total. The number of rotatable bonds is 7. The van der Waals surface area contributed by atoms with Crippen molar-refractivity contribution in [2.75, 3.05) is 10.6 Å². The molecule has 0 fully saturated rings. The zero-order valence-corrected chi connectivity index (χ0v) is 16.3. The van der Waals surface area contributed by atoms with Gasteiger partial charge in [0.25, 0.3) is 0 Å². The van der Waals surface area contributed by atoms with Crippen LogP contribution in [0.4, 0.5) is 17.5 Å². The first kappa shape index (κ1) is 18.8. The van der Waals surface area contributed by atoms with E-state index in [1.807, 2.05) is 12.1 Å². The summed E-state index contributed by atoms with van der Waals surface area (Å²) in [6.07, 6.45) is 5.18. The van der Waals surface area contributed by atoms with Crippen LogP contribution in [-0.2, 0) is 6.54 Å². The van der Waals surface area contributed by atoms with Gasteiger partial charge in [0.1, 0.15) is 0 Å². The smallest absolute Gasteiger partial charge is 0.249 e. The predicted octanol–water partition coefficient (Wildman–Crippen LogP) is 4.87. The van der Waals surface area contributed by atoms with Crippen LogP contribution in [0.25, 0.3) is 0 Å². The largest absolute Gasteiger partial charge is 0.365 e. The van der Waals surface area contributed by atoms with Gasteiger partial charge in [-0.15, -0.1) is 5.10 Å². The van der Waals surface area contributed by atoms with E-state index in [0.29, 0.717) is 30.1 Å². The SMILES string of the molecule is CC(C)c1cccc(C(C)C)c1Nc1nncc(NCc2ccncc2)n1. The summed E-state index contributed by atoms with van der Waals surface area (Å²) in [6.45, 7) is 9.42. The Bertz CT molecular complexity index is 851. The monoisotopic (exact) mass is 362 g/mol. The molecule has 0 atom stereocenters. The summed E-state index contributed by atoms with van der Waals surface area (Å²) in [5, 5.41) is 14.9. The molecule has 0 spiro atoms. The lowest BCUT2D eigenvalue weighted by molar-refractivity contribution is 0.836. The maximum atomic E-state index is 4.57. The molecule has 0 amide bonds. The Hall–Kier alpha value is -3.02. The van der Waals surface area contributed by atoms with Gasteiger partial charge in [-0.1, -0.05) is 45.9 Å². The maximum Gasteiger partial charge on any atom is 0.249 e. The highest BCUT2D eigenvalue weighted by atomic mass is 15.3. The van der Waals surface area contributed by atoms with Gasteiger partial charge in [-0.3, -0.25) is 4.98 Å². The minimum Gasteiger partial charge on any atom is -0.365 e. The van der Waals surface area contributed by atoms with E-state index < -0.39 is 0 Å². The van der Waals surface area contributed by atoms with Crippen LogP contribution in [-0.4, -0.2) is 20.2 Å². The molecule has 140 valence electrons. The van der Waals surface area contributed by atoms with Gasteiger partial charge in [0.15, 0.2) is 5.82 Å². The Morgan fingerprint density at radius 3 is 2.22 bits per heavy atom. The Morgan fingerprint density at radius 1 is 0.926 bits per heavy atom. The van der Waals surface area contributed by atoms with Gasteiger partial charge in [-0.2, -0.15) is 10.1 Å². The summed E-state index contributed by atoms with van der Waals surface area (Å²) in [4.78, 5) is 8.60. The van der Waals surface area contributed by atoms with Gasteiger partial charge in [0.2, 0.25) is 5.95 Å². The topological polar surface area (TPSA) is 75.6 Å². The summed E-state index contributed by atoms with van der Waals surface area (Å²) < 4.78 is 0. The van der Waals surface area contributed by atoms with Crippen molar-refractivity contribution < 1.29 is 0 Å².